The van der Waals surface area contributed by atoms with Crippen LogP contribution in [0, 0.1) is 6.92 Å². The van der Waals surface area contributed by atoms with E-state index in [4.69, 9.17) is 11.6 Å². The molecule has 0 N–H and O–H groups in total. The molecule has 4 aromatic rings. The van der Waals surface area contributed by atoms with Crippen molar-refractivity contribution in [1.29, 1.82) is 0 Å². The van der Waals surface area contributed by atoms with Gasteiger partial charge in [-0.25, -0.2) is 15.0 Å². The Morgan fingerprint density at radius 1 is 1.14 bits per heavy atom. The van der Waals surface area contributed by atoms with Gasteiger partial charge in [-0.15, -0.1) is 11.3 Å². The zero-order valence-electron chi connectivity index (χ0n) is 15.6. The van der Waals surface area contributed by atoms with Crippen LogP contribution in [0.3, 0.4) is 0 Å². The Hall–Kier alpha value is -2.28. The normalized spacial score (nSPS) is 14.5. The molecule has 1 aliphatic heterocycles. The summed E-state index contributed by atoms with van der Waals surface area (Å²) in [5, 5.41) is 1.31. The summed E-state index contributed by atoms with van der Waals surface area (Å²) in [5.41, 5.74) is 5.05. The summed E-state index contributed by atoms with van der Waals surface area (Å²) in [6.07, 6.45) is 7.11. The summed E-state index contributed by atoms with van der Waals surface area (Å²) < 4.78 is 2.90. The Morgan fingerprint density at radius 3 is 2.89 bits per heavy atom. The third kappa shape index (κ3) is 3.43. The van der Waals surface area contributed by atoms with Crippen molar-refractivity contribution in [3.8, 4) is 0 Å². The lowest BCUT2D eigenvalue weighted by atomic mass is 10.1. The first-order chi connectivity index (χ1) is 13.7. The summed E-state index contributed by atoms with van der Waals surface area (Å²) in [6.45, 7) is 5.59. The lowest BCUT2D eigenvalue weighted by Gasteiger charge is -2.27. The molecule has 0 radical (unpaired) electrons. The van der Waals surface area contributed by atoms with Crippen LogP contribution in [0.25, 0.3) is 10.9 Å². The van der Waals surface area contributed by atoms with Crippen LogP contribution < -0.4 is 0 Å². The van der Waals surface area contributed by atoms with E-state index >= 15 is 0 Å². The van der Waals surface area contributed by atoms with E-state index in [0.29, 0.717) is 4.47 Å². The second-order valence-electron chi connectivity index (χ2n) is 7.23. The van der Waals surface area contributed by atoms with Gasteiger partial charge in [0, 0.05) is 71.7 Å². The van der Waals surface area contributed by atoms with Gasteiger partial charge in [0.05, 0.1) is 6.54 Å². The molecule has 7 heteroatoms. The molecule has 0 aliphatic carbocycles. The Kier molecular flexibility index (Phi) is 4.62. The molecule has 0 atom stereocenters. The van der Waals surface area contributed by atoms with Gasteiger partial charge in [-0.1, -0.05) is 29.8 Å². The van der Waals surface area contributed by atoms with Crippen molar-refractivity contribution in [3.63, 3.8) is 0 Å². The maximum atomic E-state index is 6.01. The van der Waals surface area contributed by atoms with Crippen LogP contribution in [-0.2, 0) is 26.1 Å². The Bertz CT molecular complexity index is 1150. The lowest BCUT2D eigenvalue weighted by molar-refractivity contribution is 0.243. The van der Waals surface area contributed by atoms with Crippen LogP contribution in [0.5, 0.6) is 0 Å². The fraction of sp³-hybridized carbons (Fsp3) is 0.286. The molecule has 0 spiro atoms. The number of fused-ring (bicyclic) bond motifs is 2. The smallest absolute Gasteiger partial charge is 0.183 e. The third-order valence-electron chi connectivity index (χ3n) is 5.25. The molecule has 1 aromatic carbocycles. The average Bonchev–Trinajstić information content (AvgIpc) is 3.26. The molecule has 0 bridgehead atoms. The number of para-hydroxylation sites is 1. The zero-order chi connectivity index (χ0) is 19.1. The van der Waals surface area contributed by atoms with Crippen LogP contribution in [-0.4, -0.2) is 31.0 Å². The Morgan fingerprint density at radius 2 is 2.04 bits per heavy atom. The van der Waals surface area contributed by atoms with Gasteiger partial charge < -0.3 is 4.57 Å². The number of rotatable bonds is 4. The van der Waals surface area contributed by atoms with E-state index in [9.17, 15) is 0 Å². The first-order valence-electron chi connectivity index (χ1n) is 9.36. The predicted octanol–water partition coefficient (Wildman–Crippen LogP) is 4.46. The molecule has 1 aliphatic rings. The van der Waals surface area contributed by atoms with Gasteiger partial charge in [0.1, 0.15) is 5.82 Å². The van der Waals surface area contributed by atoms with Crippen LogP contribution in [0.15, 0.2) is 42.9 Å². The highest BCUT2D eigenvalue weighted by molar-refractivity contribution is 7.15. The molecule has 0 fully saturated rings. The first kappa shape index (κ1) is 17.8. The van der Waals surface area contributed by atoms with Gasteiger partial charge >= 0.3 is 0 Å². The van der Waals surface area contributed by atoms with E-state index in [1.807, 2.05) is 19.3 Å². The van der Waals surface area contributed by atoms with E-state index in [1.54, 1.807) is 0 Å². The monoisotopic (exact) mass is 409 g/mol. The molecular weight excluding hydrogens is 390 g/mol. The number of hydrogen-bond donors (Lipinski definition) is 0. The van der Waals surface area contributed by atoms with Crippen molar-refractivity contribution < 1.29 is 0 Å². The van der Waals surface area contributed by atoms with Crippen LogP contribution >= 0.6 is 22.9 Å². The number of aryl methyl sites for hydroxylation is 1. The number of thiazole rings is 1. The second kappa shape index (κ2) is 7.28. The van der Waals surface area contributed by atoms with Gasteiger partial charge in [0.25, 0.3) is 0 Å². The summed E-state index contributed by atoms with van der Waals surface area (Å²) >= 11 is 7.55. The van der Waals surface area contributed by atoms with Crippen molar-refractivity contribution >= 4 is 33.8 Å². The number of benzene rings is 1. The van der Waals surface area contributed by atoms with Crippen molar-refractivity contribution in [3.05, 3.63) is 74.8 Å². The quantitative estimate of drug-likeness (QED) is 0.499. The third-order valence-corrected chi connectivity index (χ3v) is 6.35. The molecule has 5 rings (SSSR count). The number of halogens is 1. The molecule has 0 amide bonds. The number of nitrogens with zero attached hydrogens (tertiary/aromatic N) is 5. The first-order valence-corrected chi connectivity index (χ1v) is 10.6. The number of aromatic nitrogens is 4. The standard InChI is InChI=1S/C21H20ClN5S/c1-14-23-8-15-10-26(7-6-19(15)25-14)11-16-12-27(13-17-9-24-21(22)28-17)20-5-3-2-4-18(16)20/h2-5,8-9,12H,6-7,10-11,13H2,1H3. The van der Waals surface area contributed by atoms with Gasteiger partial charge in [0.2, 0.25) is 0 Å². The predicted molar refractivity (Wildman–Crippen MR) is 113 cm³/mol. The minimum atomic E-state index is 0.594. The Labute approximate surface area is 172 Å². The van der Waals surface area contributed by atoms with Crippen LogP contribution in [0.4, 0.5) is 0 Å². The molecule has 142 valence electrons. The molecule has 0 saturated heterocycles. The Balaban J connectivity index is 1.42. The summed E-state index contributed by atoms with van der Waals surface area (Å²) in [6, 6.07) is 8.61. The molecular formula is C21H20ClN5S. The van der Waals surface area contributed by atoms with E-state index in [-0.39, 0.29) is 0 Å². The minimum Gasteiger partial charge on any atom is -0.342 e. The van der Waals surface area contributed by atoms with Gasteiger partial charge in [-0.05, 0) is 18.6 Å². The molecule has 28 heavy (non-hydrogen) atoms. The molecule has 0 saturated carbocycles. The second-order valence-corrected chi connectivity index (χ2v) is 8.93. The van der Waals surface area contributed by atoms with Crippen molar-refractivity contribution in [2.75, 3.05) is 6.54 Å². The van der Waals surface area contributed by atoms with Gasteiger partial charge in [-0.3, -0.25) is 4.90 Å². The average molecular weight is 410 g/mol. The SMILES string of the molecule is Cc1ncc2c(n1)CCN(Cc1cn(Cc3cnc(Cl)s3)c3ccccc13)C2. The van der Waals surface area contributed by atoms with Gasteiger partial charge in [-0.2, -0.15) is 0 Å². The van der Waals surface area contributed by atoms with E-state index < -0.39 is 0 Å². The lowest BCUT2D eigenvalue weighted by Crippen LogP contribution is -2.31. The topological polar surface area (TPSA) is 46.8 Å². The fourth-order valence-corrected chi connectivity index (χ4v) is 4.93. The highest BCUT2D eigenvalue weighted by atomic mass is 35.5. The molecule has 0 unspecified atom stereocenters. The van der Waals surface area contributed by atoms with E-state index in [0.717, 1.165) is 43.3 Å². The van der Waals surface area contributed by atoms with Crippen LogP contribution in [0.1, 0.15) is 27.5 Å². The van der Waals surface area contributed by atoms with Crippen molar-refractivity contribution in [2.45, 2.75) is 33.0 Å². The zero-order valence-corrected chi connectivity index (χ0v) is 17.2. The fourth-order valence-electron chi connectivity index (χ4n) is 3.95. The van der Waals surface area contributed by atoms with E-state index in [2.05, 4.69) is 54.9 Å². The van der Waals surface area contributed by atoms with Crippen molar-refractivity contribution in [2.24, 2.45) is 0 Å². The minimum absolute atomic E-state index is 0.594. The highest BCUT2D eigenvalue weighted by Crippen LogP contribution is 2.27. The highest BCUT2D eigenvalue weighted by Gasteiger charge is 2.20. The molecule has 4 heterocycles. The summed E-state index contributed by atoms with van der Waals surface area (Å²) in [5.74, 6) is 0.860. The summed E-state index contributed by atoms with van der Waals surface area (Å²) in [7, 11) is 0. The molecule has 3 aromatic heterocycles. The van der Waals surface area contributed by atoms with Gasteiger partial charge in [0.15, 0.2) is 4.47 Å². The van der Waals surface area contributed by atoms with Crippen molar-refractivity contribution in [1.82, 2.24) is 24.4 Å². The maximum Gasteiger partial charge on any atom is 0.183 e. The maximum absolute atomic E-state index is 6.01. The number of hydrogen-bond acceptors (Lipinski definition) is 5. The largest absolute Gasteiger partial charge is 0.342 e. The van der Waals surface area contributed by atoms with Crippen LogP contribution in [0.2, 0.25) is 4.47 Å². The van der Waals surface area contributed by atoms with E-state index in [1.165, 1.54) is 39.1 Å². The molecule has 5 nitrogen and oxygen atoms in total. The summed E-state index contributed by atoms with van der Waals surface area (Å²) in [4.78, 5) is 16.8.